The molecule has 3 heterocycles. The lowest BCUT2D eigenvalue weighted by atomic mass is 10.1. The van der Waals surface area contributed by atoms with Gasteiger partial charge in [-0.05, 0) is 25.3 Å². The van der Waals surface area contributed by atoms with Gasteiger partial charge in [0.25, 0.3) is 0 Å². The summed E-state index contributed by atoms with van der Waals surface area (Å²) in [5.74, 6) is -1.36. The average Bonchev–Trinajstić information content (AvgIpc) is 3.52. The molecule has 1 aliphatic rings. The Hall–Kier alpha value is -3.63. The van der Waals surface area contributed by atoms with E-state index in [1.807, 2.05) is 44.3 Å². The third-order valence-electron chi connectivity index (χ3n) is 5.30. The number of fused-ring (bicyclic) bond motifs is 1. The molecule has 2 atom stereocenters. The van der Waals surface area contributed by atoms with Gasteiger partial charge < -0.3 is 14.2 Å². The number of aromatic nitrogens is 6. The number of hydrogen-bond acceptors (Lipinski definition) is 8. The predicted molar refractivity (Wildman–Crippen MR) is 113 cm³/mol. The number of nitrogens with zero attached hydrogens (tertiary/aromatic N) is 6. The van der Waals surface area contributed by atoms with Crippen LogP contribution in [-0.2, 0) is 20.8 Å². The number of benzene rings is 2. The molecular formula is C22H22N6O4. The molecule has 10 nitrogen and oxygen atoms in total. The lowest BCUT2D eigenvalue weighted by Crippen LogP contribution is -2.25. The number of esters is 1. The van der Waals surface area contributed by atoms with Gasteiger partial charge >= 0.3 is 5.97 Å². The van der Waals surface area contributed by atoms with Crippen LogP contribution in [0, 0.1) is 0 Å². The van der Waals surface area contributed by atoms with E-state index in [1.165, 1.54) is 18.0 Å². The second-order valence-electron chi connectivity index (χ2n) is 8.00. The minimum Gasteiger partial charge on any atom is -0.464 e. The minimum absolute atomic E-state index is 0.129. The molecule has 0 spiro atoms. The Bertz CT molecular complexity index is 1270. The van der Waals surface area contributed by atoms with Crippen molar-refractivity contribution < 1.29 is 19.0 Å². The average molecular weight is 434 g/mol. The maximum absolute atomic E-state index is 11.7. The first kappa shape index (κ1) is 20.3. The predicted octanol–water partition coefficient (Wildman–Crippen LogP) is 2.69. The van der Waals surface area contributed by atoms with Gasteiger partial charge in [-0.1, -0.05) is 46.8 Å². The van der Waals surface area contributed by atoms with Crippen molar-refractivity contribution >= 4 is 16.7 Å². The second kappa shape index (κ2) is 7.81. The summed E-state index contributed by atoms with van der Waals surface area (Å²) in [6, 6.07) is 14.2. The lowest BCUT2D eigenvalue weighted by Gasteiger charge is -2.16. The van der Waals surface area contributed by atoms with Crippen LogP contribution in [0.4, 0.5) is 0 Å². The van der Waals surface area contributed by atoms with Crippen LogP contribution in [0.25, 0.3) is 16.5 Å². The number of ether oxygens (including phenoxy) is 3. The van der Waals surface area contributed by atoms with E-state index in [4.69, 9.17) is 9.47 Å². The van der Waals surface area contributed by atoms with Crippen LogP contribution in [0.3, 0.4) is 0 Å². The molecule has 1 fully saturated rings. The Kier molecular flexibility index (Phi) is 4.95. The highest BCUT2D eigenvalue weighted by molar-refractivity contribution is 5.90. The Morgan fingerprint density at radius 2 is 1.88 bits per heavy atom. The topological polar surface area (TPSA) is 106 Å². The quantitative estimate of drug-likeness (QED) is 0.442. The summed E-state index contributed by atoms with van der Waals surface area (Å²) >= 11 is 0. The van der Waals surface area contributed by atoms with Crippen molar-refractivity contribution in [3.05, 3.63) is 66.2 Å². The van der Waals surface area contributed by atoms with Crippen LogP contribution in [0.5, 0.6) is 0 Å². The molecule has 1 aliphatic heterocycles. The Morgan fingerprint density at radius 3 is 2.72 bits per heavy atom. The van der Waals surface area contributed by atoms with E-state index in [2.05, 4.69) is 43.6 Å². The molecule has 1 saturated heterocycles. The van der Waals surface area contributed by atoms with E-state index in [9.17, 15) is 4.79 Å². The SMILES string of the molecule is COC(=O)c1cn(C[C@@H]2OC(C)(C)O[C@@H]2c2cn(-c3cccc4ccccc34)nn2)nn1. The molecule has 0 bridgehead atoms. The summed E-state index contributed by atoms with van der Waals surface area (Å²) in [6.45, 7) is 4.01. The van der Waals surface area contributed by atoms with E-state index in [0.717, 1.165) is 16.5 Å². The molecule has 0 amide bonds. The van der Waals surface area contributed by atoms with Gasteiger partial charge in [-0.15, -0.1) is 10.2 Å². The van der Waals surface area contributed by atoms with Gasteiger partial charge in [0.15, 0.2) is 11.5 Å². The fourth-order valence-electron chi connectivity index (χ4n) is 3.92. The van der Waals surface area contributed by atoms with Crippen molar-refractivity contribution in [1.82, 2.24) is 30.0 Å². The van der Waals surface area contributed by atoms with Gasteiger partial charge in [0.1, 0.15) is 17.9 Å². The standard InChI is InChI=1S/C22H22N6O4/c1-22(2)31-19(13-27-11-17(24-25-27)21(29)30-3)20(32-22)16-12-28(26-23-16)18-10-6-8-14-7-4-5-9-15(14)18/h4-12,19-20H,13H2,1-3H3/t19-,20+/m0/s1. The number of rotatable bonds is 5. The molecule has 10 heteroatoms. The van der Waals surface area contributed by atoms with E-state index in [1.54, 1.807) is 4.68 Å². The van der Waals surface area contributed by atoms with E-state index >= 15 is 0 Å². The molecule has 4 aromatic rings. The highest BCUT2D eigenvalue weighted by Gasteiger charge is 2.44. The van der Waals surface area contributed by atoms with Crippen molar-refractivity contribution in [2.75, 3.05) is 7.11 Å². The van der Waals surface area contributed by atoms with Crippen LogP contribution >= 0.6 is 0 Å². The van der Waals surface area contributed by atoms with E-state index in [-0.39, 0.29) is 5.69 Å². The van der Waals surface area contributed by atoms with Gasteiger partial charge in [-0.25, -0.2) is 14.2 Å². The van der Waals surface area contributed by atoms with E-state index in [0.29, 0.717) is 12.2 Å². The maximum atomic E-state index is 11.7. The normalized spacial score (nSPS) is 20.0. The summed E-state index contributed by atoms with van der Waals surface area (Å²) < 4.78 is 20.2. The van der Waals surface area contributed by atoms with Crippen molar-refractivity contribution in [2.24, 2.45) is 0 Å². The fourth-order valence-corrected chi connectivity index (χ4v) is 3.92. The third-order valence-corrected chi connectivity index (χ3v) is 5.30. The van der Waals surface area contributed by atoms with Crippen LogP contribution in [0.1, 0.15) is 36.1 Å². The first-order valence-electron chi connectivity index (χ1n) is 10.2. The van der Waals surface area contributed by atoms with Crippen molar-refractivity contribution in [2.45, 2.75) is 38.4 Å². The summed E-state index contributed by atoms with van der Waals surface area (Å²) in [6.07, 6.45) is 2.49. The van der Waals surface area contributed by atoms with Gasteiger partial charge in [0, 0.05) is 5.39 Å². The molecule has 32 heavy (non-hydrogen) atoms. The maximum Gasteiger partial charge on any atom is 0.360 e. The van der Waals surface area contributed by atoms with Gasteiger partial charge in [-0.2, -0.15) is 0 Å². The first-order valence-corrected chi connectivity index (χ1v) is 10.2. The lowest BCUT2D eigenvalue weighted by molar-refractivity contribution is -0.148. The molecule has 5 rings (SSSR count). The number of hydrogen-bond donors (Lipinski definition) is 0. The zero-order chi connectivity index (χ0) is 22.3. The molecule has 2 aromatic heterocycles. The first-order chi connectivity index (χ1) is 15.4. The van der Waals surface area contributed by atoms with E-state index < -0.39 is 24.0 Å². The smallest absolute Gasteiger partial charge is 0.360 e. The van der Waals surface area contributed by atoms with Crippen molar-refractivity contribution in [1.29, 1.82) is 0 Å². The molecule has 0 saturated carbocycles. The minimum atomic E-state index is -0.815. The number of methoxy groups -OCH3 is 1. The Morgan fingerprint density at radius 1 is 1.06 bits per heavy atom. The molecule has 2 aromatic carbocycles. The van der Waals surface area contributed by atoms with Crippen molar-refractivity contribution in [3.63, 3.8) is 0 Å². The van der Waals surface area contributed by atoms with Crippen molar-refractivity contribution in [3.8, 4) is 5.69 Å². The largest absolute Gasteiger partial charge is 0.464 e. The molecule has 0 radical (unpaired) electrons. The summed E-state index contributed by atoms with van der Waals surface area (Å²) in [5.41, 5.74) is 1.70. The van der Waals surface area contributed by atoms with Crippen LogP contribution in [0.15, 0.2) is 54.9 Å². The third kappa shape index (κ3) is 3.74. The number of carbonyl (C=O) groups is 1. The highest BCUT2D eigenvalue weighted by Crippen LogP contribution is 2.38. The molecule has 0 unspecified atom stereocenters. The van der Waals surface area contributed by atoms with Gasteiger partial charge in [0.2, 0.25) is 0 Å². The molecule has 164 valence electrons. The van der Waals surface area contributed by atoms with Crippen LogP contribution in [-0.4, -0.2) is 55.0 Å². The molecule has 0 N–H and O–H groups in total. The van der Waals surface area contributed by atoms with Gasteiger partial charge in [-0.3, -0.25) is 0 Å². The monoisotopic (exact) mass is 434 g/mol. The summed E-state index contributed by atoms with van der Waals surface area (Å²) in [4.78, 5) is 11.7. The zero-order valence-electron chi connectivity index (χ0n) is 17.9. The molecule has 0 aliphatic carbocycles. The summed E-state index contributed by atoms with van der Waals surface area (Å²) in [7, 11) is 1.30. The fraction of sp³-hybridized carbons (Fsp3) is 0.318. The van der Waals surface area contributed by atoms with Gasteiger partial charge in [0.05, 0.1) is 31.7 Å². The zero-order valence-corrected chi connectivity index (χ0v) is 17.9. The van der Waals surface area contributed by atoms with Crippen LogP contribution < -0.4 is 0 Å². The Balaban J connectivity index is 1.43. The second-order valence-corrected chi connectivity index (χ2v) is 8.00. The summed E-state index contributed by atoms with van der Waals surface area (Å²) in [5, 5.41) is 18.8. The number of carbonyl (C=O) groups excluding carboxylic acids is 1. The Labute approximate surface area is 183 Å². The highest BCUT2D eigenvalue weighted by atomic mass is 16.8. The molecular weight excluding hydrogens is 412 g/mol. The van der Waals surface area contributed by atoms with Crippen LogP contribution in [0.2, 0.25) is 0 Å².